The zero-order chi connectivity index (χ0) is 12.5. The van der Waals surface area contributed by atoms with Crippen LogP contribution in [0.5, 0.6) is 0 Å². The first-order chi connectivity index (χ1) is 8.79. The van der Waals surface area contributed by atoms with Crippen LogP contribution in [-0.4, -0.2) is 18.9 Å². The molecule has 0 aliphatic rings. The first-order valence-electron chi connectivity index (χ1n) is 5.42. The first kappa shape index (κ1) is 10.4. The van der Waals surface area contributed by atoms with E-state index in [2.05, 4.69) is 16.0 Å². The number of anilines is 1. The van der Waals surface area contributed by atoms with Gasteiger partial charge in [0.1, 0.15) is 17.4 Å². The van der Waals surface area contributed by atoms with Gasteiger partial charge in [-0.25, -0.2) is 9.97 Å². The highest BCUT2D eigenvalue weighted by Crippen LogP contribution is 2.14. The maximum atomic E-state index is 9.24. The fourth-order valence-electron chi connectivity index (χ4n) is 1.91. The Balaban J connectivity index is 2.12. The molecule has 3 rings (SSSR count). The molecule has 0 aliphatic heterocycles. The van der Waals surface area contributed by atoms with Gasteiger partial charge in [-0.15, -0.1) is 0 Å². The summed E-state index contributed by atoms with van der Waals surface area (Å²) in [6, 6.07) is 7.79. The van der Waals surface area contributed by atoms with E-state index in [0.29, 0.717) is 23.9 Å². The molecule has 3 aromatic heterocycles. The van der Waals surface area contributed by atoms with Crippen molar-refractivity contribution in [3.8, 4) is 6.07 Å². The van der Waals surface area contributed by atoms with Gasteiger partial charge in [-0.05, 0) is 12.1 Å². The van der Waals surface area contributed by atoms with E-state index in [-0.39, 0.29) is 0 Å². The number of imidazole rings is 2. The summed E-state index contributed by atoms with van der Waals surface area (Å²) in [6.07, 6.45) is 5.21. The average molecular weight is 238 g/mol. The van der Waals surface area contributed by atoms with Crippen LogP contribution in [0.1, 0.15) is 11.4 Å². The summed E-state index contributed by atoms with van der Waals surface area (Å²) in [7, 11) is 0. The minimum atomic E-state index is 0.413. The first-order valence-corrected chi connectivity index (χ1v) is 5.42. The molecule has 0 bridgehead atoms. The largest absolute Gasteiger partial charge is 0.369 e. The monoisotopic (exact) mass is 238 g/mol. The fraction of sp³-hybridized carbons (Fsp3) is 0.0833. The van der Waals surface area contributed by atoms with E-state index in [1.807, 2.05) is 24.4 Å². The predicted molar refractivity (Wildman–Crippen MR) is 65.6 cm³/mol. The third-order valence-electron chi connectivity index (χ3n) is 2.78. The van der Waals surface area contributed by atoms with Crippen LogP contribution in [0.3, 0.4) is 0 Å². The molecule has 0 radical (unpaired) electrons. The third kappa shape index (κ3) is 1.50. The quantitative estimate of drug-likeness (QED) is 0.722. The molecule has 3 heterocycles. The Hall–Kier alpha value is -2.81. The second kappa shape index (κ2) is 3.89. The van der Waals surface area contributed by atoms with E-state index in [1.165, 1.54) is 0 Å². The fourth-order valence-corrected chi connectivity index (χ4v) is 1.91. The number of pyridine rings is 1. The van der Waals surface area contributed by atoms with Crippen molar-refractivity contribution in [1.82, 2.24) is 18.9 Å². The van der Waals surface area contributed by atoms with E-state index in [1.54, 1.807) is 21.4 Å². The molecule has 2 N–H and O–H groups in total. The molecule has 6 heteroatoms. The molecule has 0 saturated heterocycles. The predicted octanol–water partition coefficient (Wildman–Crippen LogP) is 1.03. The molecule has 0 fully saturated rings. The van der Waals surface area contributed by atoms with Gasteiger partial charge in [0.2, 0.25) is 0 Å². The Kier molecular flexibility index (Phi) is 2.24. The van der Waals surface area contributed by atoms with Gasteiger partial charge >= 0.3 is 0 Å². The normalized spacial score (nSPS) is 10.6. The lowest BCUT2D eigenvalue weighted by molar-refractivity contribution is 0.789. The van der Waals surface area contributed by atoms with Crippen molar-refractivity contribution >= 4 is 11.6 Å². The molecule has 6 nitrogen and oxygen atoms in total. The van der Waals surface area contributed by atoms with Crippen LogP contribution in [-0.2, 0) is 6.54 Å². The summed E-state index contributed by atoms with van der Waals surface area (Å²) in [4.78, 5) is 8.38. The smallest absolute Gasteiger partial charge is 0.200 e. The van der Waals surface area contributed by atoms with Crippen molar-refractivity contribution in [1.29, 1.82) is 5.26 Å². The third-order valence-corrected chi connectivity index (χ3v) is 2.78. The van der Waals surface area contributed by atoms with E-state index in [0.717, 1.165) is 5.65 Å². The molecule has 0 amide bonds. The van der Waals surface area contributed by atoms with Crippen molar-refractivity contribution in [2.75, 3.05) is 5.73 Å². The Morgan fingerprint density at radius 1 is 1.33 bits per heavy atom. The molecule has 0 unspecified atom stereocenters. The molecule has 18 heavy (non-hydrogen) atoms. The minimum absolute atomic E-state index is 0.413. The van der Waals surface area contributed by atoms with Crippen LogP contribution >= 0.6 is 0 Å². The van der Waals surface area contributed by atoms with Crippen LogP contribution in [0, 0.1) is 11.3 Å². The van der Waals surface area contributed by atoms with E-state index in [4.69, 9.17) is 5.73 Å². The van der Waals surface area contributed by atoms with Crippen molar-refractivity contribution in [3.63, 3.8) is 0 Å². The van der Waals surface area contributed by atoms with Crippen LogP contribution in [0.2, 0.25) is 0 Å². The number of hydrogen-bond donors (Lipinski definition) is 1. The zero-order valence-corrected chi connectivity index (χ0v) is 9.48. The Morgan fingerprint density at radius 2 is 2.22 bits per heavy atom. The summed E-state index contributed by atoms with van der Waals surface area (Å²) >= 11 is 0. The Bertz CT molecular complexity index is 745. The SMILES string of the molecule is N#Cc1c(Cn2ccnc2N)nc2ccccn12. The number of rotatable bonds is 2. The van der Waals surface area contributed by atoms with Crippen molar-refractivity contribution in [2.45, 2.75) is 6.54 Å². The van der Waals surface area contributed by atoms with E-state index < -0.39 is 0 Å². The van der Waals surface area contributed by atoms with E-state index >= 15 is 0 Å². The van der Waals surface area contributed by atoms with Gasteiger partial charge in [0.15, 0.2) is 5.95 Å². The maximum absolute atomic E-state index is 9.24. The second-order valence-electron chi connectivity index (χ2n) is 3.86. The summed E-state index contributed by atoms with van der Waals surface area (Å²) < 4.78 is 3.52. The Morgan fingerprint density at radius 3 is 2.94 bits per heavy atom. The van der Waals surface area contributed by atoms with Crippen molar-refractivity contribution in [2.24, 2.45) is 0 Å². The average Bonchev–Trinajstić information content (AvgIpc) is 2.93. The highest BCUT2D eigenvalue weighted by Gasteiger charge is 2.12. The number of nitrogen functional groups attached to an aromatic ring is 1. The molecule has 88 valence electrons. The number of hydrogen-bond acceptors (Lipinski definition) is 4. The number of aromatic nitrogens is 4. The lowest BCUT2D eigenvalue weighted by Crippen LogP contribution is -2.05. The number of nitrogens with zero attached hydrogens (tertiary/aromatic N) is 5. The van der Waals surface area contributed by atoms with Gasteiger partial charge in [0.25, 0.3) is 0 Å². The Labute approximate surface area is 103 Å². The number of nitriles is 1. The van der Waals surface area contributed by atoms with Crippen molar-refractivity contribution in [3.05, 3.63) is 48.2 Å². The molecule has 0 spiro atoms. The van der Waals surface area contributed by atoms with Crippen LogP contribution < -0.4 is 5.73 Å². The molecular weight excluding hydrogens is 228 g/mol. The van der Waals surface area contributed by atoms with Crippen LogP contribution in [0.4, 0.5) is 5.95 Å². The van der Waals surface area contributed by atoms with Gasteiger partial charge in [-0.1, -0.05) is 6.07 Å². The van der Waals surface area contributed by atoms with Gasteiger partial charge in [0, 0.05) is 18.6 Å². The number of fused-ring (bicyclic) bond motifs is 1. The molecular formula is C12H10N6. The van der Waals surface area contributed by atoms with Crippen LogP contribution in [0.25, 0.3) is 5.65 Å². The second-order valence-corrected chi connectivity index (χ2v) is 3.86. The van der Waals surface area contributed by atoms with Crippen LogP contribution in [0.15, 0.2) is 36.8 Å². The molecule has 3 aromatic rings. The zero-order valence-electron chi connectivity index (χ0n) is 9.48. The molecule has 0 atom stereocenters. The van der Waals surface area contributed by atoms with Crippen molar-refractivity contribution < 1.29 is 0 Å². The summed E-state index contributed by atoms with van der Waals surface area (Å²) in [5, 5.41) is 9.24. The summed E-state index contributed by atoms with van der Waals surface area (Å²) in [5.41, 5.74) is 7.68. The highest BCUT2D eigenvalue weighted by atomic mass is 15.1. The molecule has 0 saturated carbocycles. The lowest BCUT2D eigenvalue weighted by Gasteiger charge is -2.01. The topological polar surface area (TPSA) is 84.9 Å². The summed E-state index contributed by atoms with van der Waals surface area (Å²) in [6.45, 7) is 0.441. The highest BCUT2D eigenvalue weighted by molar-refractivity contribution is 5.47. The maximum Gasteiger partial charge on any atom is 0.200 e. The molecule has 0 aliphatic carbocycles. The number of nitrogens with two attached hydrogens (primary N) is 1. The lowest BCUT2D eigenvalue weighted by atomic mass is 10.3. The standard InChI is InChI=1S/C12H10N6/c13-7-10-9(8-17-6-4-15-12(17)14)16-11-3-1-2-5-18(10)11/h1-6H,8H2,(H2,14,15). The van der Waals surface area contributed by atoms with Gasteiger partial charge in [0.05, 0.1) is 12.2 Å². The van der Waals surface area contributed by atoms with E-state index in [9.17, 15) is 5.26 Å². The summed E-state index contributed by atoms with van der Waals surface area (Å²) in [5.74, 6) is 0.413. The molecule has 0 aromatic carbocycles. The van der Waals surface area contributed by atoms with Gasteiger partial charge < -0.3 is 10.3 Å². The minimum Gasteiger partial charge on any atom is -0.369 e. The van der Waals surface area contributed by atoms with Gasteiger partial charge in [-0.3, -0.25) is 4.40 Å². The van der Waals surface area contributed by atoms with Gasteiger partial charge in [-0.2, -0.15) is 5.26 Å².